The Morgan fingerprint density at radius 2 is 1.76 bits per heavy atom. The summed E-state index contributed by atoms with van der Waals surface area (Å²) in [6.07, 6.45) is 0.599. The number of benzene rings is 1. The predicted octanol–water partition coefficient (Wildman–Crippen LogP) is 0.668. The Morgan fingerprint density at radius 1 is 1.06 bits per heavy atom. The molecule has 0 saturated carbocycles. The zero-order valence-corrected chi connectivity index (χ0v) is 9.51. The van der Waals surface area contributed by atoms with Gasteiger partial charge in [-0.3, -0.25) is 0 Å². The molecule has 0 saturated heterocycles. The second kappa shape index (κ2) is 4.65. The van der Waals surface area contributed by atoms with Crippen LogP contribution in [0.1, 0.15) is 11.4 Å². The molecule has 0 amide bonds. The Bertz CT molecular complexity index is 508. The summed E-state index contributed by atoms with van der Waals surface area (Å²) in [5.41, 5.74) is 13.0. The number of nitrogens with one attached hydrogen (secondary N) is 1. The van der Waals surface area contributed by atoms with Crippen LogP contribution in [0.25, 0.3) is 0 Å². The lowest BCUT2D eigenvalue weighted by Crippen LogP contribution is -2.07. The van der Waals surface area contributed by atoms with Gasteiger partial charge in [0.25, 0.3) is 0 Å². The SMILES string of the molecule is CNc1nc(N)nc(Cc2ccc(N)cc2)n1. The van der Waals surface area contributed by atoms with Crippen LogP contribution in [-0.2, 0) is 6.42 Å². The predicted molar refractivity (Wildman–Crippen MR) is 67.4 cm³/mol. The molecular weight excluding hydrogens is 216 g/mol. The van der Waals surface area contributed by atoms with E-state index in [0.717, 1.165) is 11.3 Å². The van der Waals surface area contributed by atoms with Crippen LogP contribution in [0.5, 0.6) is 0 Å². The van der Waals surface area contributed by atoms with Crippen molar-refractivity contribution in [3.63, 3.8) is 0 Å². The van der Waals surface area contributed by atoms with Gasteiger partial charge in [0.2, 0.25) is 11.9 Å². The van der Waals surface area contributed by atoms with Crippen LogP contribution >= 0.6 is 0 Å². The molecule has 0 fully saturated rings. The Kier molecular flexibility index (Phi) is 3.04. The largest absolute Gasteiger partial charge is 0.399 e. The summed E-state index contributed by atoms with van der Waals surface area (Å²) in [5.74, 6) is 1.32. The highest BCUT2D eigenvalue weighted by atomic mass is 15.2. The summed E-state index contributed by atoms with van der Waals surface area (Å²) in [5, 5.41) is 2.84. The van der Waals surface area contributed by atoms with Gasteiger partial charge in [0.05, 0.1) is 0 Å². The number of nitrogen functional groups attached to an aromatic ring is 2. The molecule has 6 heteroatoms. The van der Waals surface area contributed by atoms with E-state index in [-0.39, 0.29) is 5.95 Å². The number of rotatable bonds is 3. The lowest BCUT2D eigenvalue weighted by atomic mass is 10.1. The molecule has 0 unspecified atom stereocenters. The van der Waals surface area contributed by atoms with Crippen molar-refractivity contribution in [1.82, 2.24) is 15.0 Å². The molecule has 0 radical (unpaired) electrons. The maximum absolute atomic E-state index is 5.62. The second-order valence-electron chi connectivity index (χ2n) is 3.60. The molecule has 0 bridgehead atoms. The van der Waals surface area contributed by atoms with E-state index >= 15 is 0 Å². The highest BCUT2D eigenvalue weighted by Gasteiger charge is 2.04. The van der Waals surface area contributed by atoms with E-state index in [1.807, 2.05) is 24.3 Å². The number of nitrogens with two attached hydrogens (primary N) is 2. The minimum atomic E-state index is 0.217. The lowest BCUT2D eigenvalue weighted by Gasteiger charge is -2.04. The molecule has 88 valence electrons. The Balaban J connectivity index is 2.23. The van der Waals surface area contributed by atoms with E-state index < -0.39 is 0 Å². The van der Waals surface area contributed by atoms with Gasteiger partial charge in [0, 0.05) is 19.2 Å². The maximum Gasteiger partial charge on any atom is 0.227 e. The van der Waals surface area contributed by atoms with E-state index in [9.17, 15) is 0 Å². The first-order valence-electron chi connectivity index (χ1n) is 5.20. The van der Waals surface area contributed by atoms with E-state index in [4.69, 9.17) is 11.5 Å². The smallest absolute Gasteiger partial charge is 0.227 e. The third-order valence-electron chi connectivity index (χ3n) is 2.26. The molecule has 17 heavy (non-hydrogen) atoms. The quantitative estimate of drug-likeness (QED) is 0.670. The first-order chi connectivity index (χ1) is 8.17. The summed E-state index contributed by atoms with van der Waals surface area (Å²) >= 11 is 0. The van der Waals surface area contributed by atoms with Gasteiger partial charge >= 0.3 is 0 Å². The Morgan fingerprint density at radius 3 is 2.41 bits per heavy atom. The summed E-state index contributed by atoms with van der Waals surface area (Å²) in [6, 6.07) is 7.57. The fraction of sp³-hybridized carbons (Fsp3) is 0.182. The van der Waals surface area contributed by atoms with Crippen LogP contribution < -0.4 is 16.8 Å². The zero-order valence-electron chi connectivity index (χ0n) is 9.51. The van der Waals surface area contributed by atoms with Crippen molar-refractivity contribution in [3.8, 4) is 0 Å². The lowest BCUT2D eigenvalue weighted by molar-refractivity contribution is 0.932. The summed E-state index contributed by atoms with van der Waals surface area (Å²) in [6.45, 7) is 0. The van der Waals surface area contributed by atoms with Gasteiger partial charge in [-0.15, -0.1) is 0 Å². The first-order valence-corrected chi connectivity index (χ1v) is 5.20. The average molecular weight is 230 g/mol. The molecule has 0 aliphatic rings. The third-order valence-corrected chi connectivity index (χ3v) is 2.26. The maximum atomic E-state index is 5.62. The van der Waals surface area contributed by atoms with Gasteiger partial charge in [-0.05, 0) is 17.7 Å². The van der Waals surface area contributed by atoms with Crippen LogP contribution in [0, 0.1) is 0 Å². The molecular formula is C11H14N6. The van der Waals surface area contributed by atoms with Crippen LogP contribution in [0.15, 0.2) is 24.3 Å². The highest BCUT2D eigenvalue weighted by Crippen LogP contribution is 2.10. The van der Waals surface area contributed by atoms with Crippen molar-refractivity contribution in [3.05, 3.63) is 35.7 Å². The van der Waals surface area contributed by atoms with Crippen molar-refractivity contribution in [2.75, 3.05) is 23.8 Å². The van der Waals surface area contributed by atoms with E-state index in [1.54, 1.807) is 7.05 Å². The van der Waals surface area contributed by atoms with Crippen molar-refractivity contribution in [2.24, 2.45) is 0 Å². The zero-order chi connectivity index (χ0) is 12.3. The summed E-state index contributed by atoms with van der Waals surface area (Å²) < 4.78 is 0. The van der Waals surface area contributed by atoms with Gasteiger partial charge in [0.15, 0.2) is 0 Å². The van der Waals surface area contributed by atoms with Crippen LogP contribution in [0.2, 0.25) is 0 Å². The van der Waals surface area contributed by atoms with Crippen molar-refractivity contribution >= 4 is 17.6 Å². The van der Waals surface area contributed by atoms with Gasteiger partial charge < -0.3 is 16.8 Å². The number of hydrogen-bond donors (Lipinski definition) is 3. The first kappa shape index (κ1) is 11.1. The number of nitrogens with zero attached hydrogens (tertiary/aromatic N) is 3. The molecule has 0 aliphatic heterocycles. The van der Waals surface area contributed by atoms with Crippen molar-refractivity contribution in [1.29, 1.82) is 0 Å². The Labute approximate surface area is 99.1 Å². The summed E-state index contributed by atoms with van der Waals surface area (Å²) in [4.78, 5) is 12.2. The molecule has 0 spiro atoms. The van der Waals surface area contributed by atoms with E-state index in [2.05, 4.69) is 20.3 Å². The van der Waals surface area contributed by atoms with Gasteiger partial charge in [-0.25, -0.2) is 0 Å². The topological polar surface area (TPSA) is 103 Å². The fourth-order valence-corrected chi connectivity index (χ4v) is 1.45. The minimum Gasteiger partial charge on any atom is -0.399 e. The monoisotopic (exact) mass is 230 g/mol. The number of hydrogen-bond acceptors (Lipinski definition) is 6. The molecule has 5 N–H and O–H groups in total. The standard InChI is InChI=1S/C11H14N6/c1-14-11-16-9(15-10(13)17-11)6-7-2-4-8(12)5-3-7/h2-5H,6,12H2,1H3,(H3,13,14,15,16,17). The van der Waals surface area contributed by atoms with Gasteiger partial charge in [-0.2, -0.15) is 15.0 Å². The highest BCUT2D eigenvalue weighted by molar-refractivity contribution is 5.40. The molecule has 1 heterocycles. The number of anilines is 3. The molecule has 1 aromatic carbocycles. The van der Waals surface area contributed by atoms with Crippen LogP contribution in [0.4, 0.5) is 17.6 Å². The van der Waals surface area contributed by atoms with Crippen LogP contribution in [0.3, 0.4) is 0 Å². The Hall–Kier alpha value is -2.37. The van der Waals surface area contributed by atoms with E-state index in [1.165, 1.54) is 0 Å². The van der Waals surface area contributed by atoms with E-state index in [0.29, 0.717) is 18.2 Å². The van der Waals surface area contributed by atoms with Crippen molar-refractivity contribution in [2.45, 2.75) is 6.42 Å². The molecule has 2 rings (SSSR count). The number of aromatic nitrogens is 3. The molecule has 2 aromatic rings. The second-order valence-corrected chi connectivity index (χ2v) is 3.60. The minimum absolute atomic E-state index is 0.217. The normalized spacial score (nSPS) is 10.2. The third kappa shape index (κ3) is 2.81. The fourth-order valence-electron chi connectivity index (χ4n) is 1.45. The molecule has 1 aromatic heterocycles. The molecule has 0 aliphatic carbocycles. The van der Waals surface area contributed by atoms with Gasteiger partial charge in [-0.1, -0.05) is 12.1 Å². The summed E-state index contributed by atoms with van der Waals surface area (Å²) in [7, 11) is 1.74. The van der Waals surface area contributed by atoms with Crippen molar-refractivity contribution < 1.29 is 0 Å². The average Bonchev–Trinajstić information content (AvgIpc) is 2.31. The van der Waals surface area contributed by atoms with Crippen LogP contribution in [-0.4, -0.2) is 22.0 Å². The van der Waals surface area contributed by atoms with Gasteiger partial charge in [0.1, 0.15) is 5.82 Å². The molecule has 6 nitrogen and oxygen atoms in total. The molecule has 0 atom stereocenters.